The molecule has 0 fully saturated rings. The highest BCUT2D eigenvalue weighted by Crippen LogP contribution is 2.35. The summed E-state index contributed by atoms with van der Waals surface area (Å²) >= 11 is 0. The van der Waals surface area contributed by atoms with Crippen molar-refractivity contribution in [2.24, 2.45) is 4.99 Å². The Bertz CT molecular complexity index is 640. The monoisotopic (exact) mass is 266 g/mol. The number of aliphatic imine (C=N–C) groups is 1. The third-order valence-corrected chi connectivity index (χ3v) is 3.55. The largest absolute Gasteiger partial charge is 0.329 e. The molecule has 5 heteroatoms. The van der Waals surface area contributed by atoms with Crippen molar-refractivity contribution in [2.45, 2.75) is 25.3 Å². The number of hydrogen-bond acceptors (Lipinski definition) is 5. The Morgan fingerprint density at radius 1 is 1.30 bits per heavy atom. The molecule has 0 amide bonds. The Kier molecular flexibility index (Phi) is 3.21. The molecule has 0 saturated carbocycles. The summed E-state index contributed by atoms with van der Waals surface area (Å²) in [5, 5.41) is 14.4. The number of Topliss-reactive ketones (excluding diaryl/α,β-unsaturated/α-hetero) is 1. The second-order valence-corrected chi connectivity index (χ2v) is 4.82. The summed E-state index contributed by atoms with van der Waals surface area (Å²) in [4.78, 5) is 16.7. The van der Waals surface area contributed by atoms with Crippen molar-refractivity contribution in [1.82, 2.24) is 10.6 Å². The van der Waals surface area contributed by atoms with Gasteiger partial charge in [-0.2, -0.15) is 5.26 Å². The second kappa shape index (κ2) is 5.17. The van der Waals surface area contributed by atoms with Gasteiger partial charge in [0.25, 0.3) is 0 Å². The number of rotatable bonds is 1. The third-order valence-electron chi connectivity index (χ3n) is 3.55. The molecule has 1 atom stereocenters. The first-order valence-electron chi connectivity index (χ1n) is 6.60. The van der Waals surface area contributed by atoms with Gasteiger partial charge in [0, 0.05) is 17.7 Å². The van der Waals surface area contributed by atoms with Crippen LogP contribution in [0, 0.1) is 11.5 Å². The lowest BCUT2D eigenvalue weighted by molar-refractivity contribution is -0.116. The number of carbonyl (C=O) groups excluding carboxylic acids is 1. The van der Waals surface area contributed by atoms with Crippen molar-refractivity contribution in [3.63, 3.8) is 0 Å². The molecule has 0 spiro atoms. The second-order valence-electron chi connectivity index (χ2n) is 4.82. The number of carbonyl (C=O) groups is 1. The van der Waals surface area contributed by atoms with E-state index in [0.717, 1.165) is 29.7 Å². The minimum absolute atomic E-state index is 0.146. The van der Waals surface area contributed by atoms with Crippen LogP contribution in [0.3, 0.4) is 0 Å². The van der Waals surface area contributed by atoms with E-state index >= 15 is 0 Å². The maximum absolute atomic E-state index is 12.2. The highest BCUT2D eigenvalue weighted by molar-refractivity contribution is 6.01. The summed E-state index contributed by atoms with van der Waals surface area (Å²) in [5.74, 6) is 0.558. The number of allylic oxidation sites excluding steroid dienone is 1. The maximum atomic E-state index is 12.2. The molecule has 1 aromatic rings. The van der Waals surface area contributed by atoms with Gasteiger partial charge < -0.3 is 5.32 Å². The molecule has 2 aliphatic rings. The van der Waals surface area contributed by atoms with E-state index in [1.54, 1.807) is 0 Å². The Morgan fingerprint density at radius 3 is 2.85 bits per heavy atom. The third kappa shape index (κ3) is 2.16. The fourth-order valence-electron chi connectivity index (χ4n) is 2.67. The summed E-state index contributed by atoms with van der Waals surface area (Å²) in [6.07, 6.45) is 4.09. The summed E-state index contributed by atoms with van der Waals surface area (Å²) in [6.45, 7) is 0. The lowest BCUT2D eigenvalue weighted by atomic mass is 9.86. The van der Waals surface area contributed by atoms with Gasteiger partial charge in [-0.05, 0) is 18.4 Å². The molecule has 3 rings (SSSR count). The van der Waals surface area contributed by atoms with Crippen LogP contribution in [0.25, 0.3) is 0 Å². The minimum Gasteiger partial charge on any atom is -0.329 e. The van der Waals surface area contributed by atoms with E-state index in [2.05, 4.69) is 15.6 Å². The van der Waals surface area contributed by atoms with E-state index in [-0.39, 0.29) is 11.8 Å². The Labute approximate surface area is 117 Å². The number of nitriles is 1. The van der Waals surface area contributed by atoms with Crippen LogP contribution >= 0.6 is 0 Å². The minimum atomic E-state index is -0.323. The van der Waals surface area contributed by atoms with E-state index in [0.29, 0.717) is 12.4 Å². The number of nitrogens with one attached hydrogen (secondary N) is 2. The number of guanidine groups is 1. The van der Waals surface area contributed by atoms with E-state index in [1.165, 1.54) is 0 Å². The van der Waals surface area contributed by atoms with Gasteiger partial charge in [-0.3, -0.25) is 10.1 Å². The molecule has 1 aliphatic carbocycles. The molecular formula is C15H14N4O. The standard InChI is InChI=1S/C15H14N4O/c16-9-17-15-18-11-7-4-8-12(20)13(11)14(19-15)10-5-2-1-3-6-10/h1-3,5-6,14H,4,7-8H2,(H2,17,18,19). The van der Waals surface area contributed by atoms with Crippen LogP contribution in [-0.4, -0.2) is 11.7 Å². The summed E-state index contributed by atoms with van der Waals surface area (Å²) < 4.78 is 0. The summed E-state index contributed by atoms with van der Waals surface area (Å²) in [5.41, 5.74) is 2.60. The quantitative estimate of drug-likeness (QED) is 0.600. The average molecular weight is 266 g/mol. The maximum Gasteiger partial charge on any atom is 0.209 e. The van der Waals surface area contributed by atoms with Gasteiger partial charge in [0.15, 0.2) is 12.0 Å². The lowest BCUT2D eigenvalue weighted by Gasteiger charge is -2.29. The van der Waals surface area contributed by atoms with E-state index in [1.807, 2.05) is 36.5 Å². The fourth-order valence-corrected chi connectivity index (χ4v) is 2.67. The van der Waals surface area contributed by atoms with Gasteiger partial charge in [0.2, 0.25) is 5.96 Å². The highest BCUT2D eigenvalue weighted by atomic mass is 16.1. The molecule has 0 aromatic heterocycles. The van der Waals surface area contributed by atoms with Crippen LogP contribution in [0.2, 0.25) is 0 Å². The first-order chi connectivity index (χ1) is 9.79. The van der Waals surface area contributed by atoms with Crippen LogP contribution in [0.15, 0.2) is 46.6 Å². The van der Waals surface area contributed by atoms with Gasteiger partial charge in [-0.15, -0.1) is 0 Å². The Morgan fingerprint density at radius 2 is 2.10 bits per heavy atom. The van der Waals surface area contributed by atoms with Crippen molar-refractivity contribution >= 4 is 11.7 Å². The van der Waals surface area contributed by atoms with Gasteiger partial charge in [0.1, 0.15) is 6.04 Å². The van der Waals surface area contributed by atoms with Gasteiger partial charge in [-0.25, -0.2) is 4.99 Å². The first-order valence-corrected chi connectivity index (χ1v) is 6.60. The predicted molar refractivity (Wildman–Crippen MR) is 74.4 cm³/mol. The van der Waals surface area contributed by atoms with Crippen LogP contribution < -0.4 is 10.6 Å². The molecule has 0 radical (unpaired) electrons. The SMILES string of the molecule is N#CNC1=NC(c2ccccc2)C2=C(CCCC2=O)N1. The topological polar surface area (TPSA) is 77.3 Å². The zero-order valence-corrected chi connectivity index (χ0v) is 10.9. The average Bonchev–Trinajstić information content (AvgIpc) is 2.48. The molecule has 5 nitrogen and oxygen atoms in total. The van der Waals surface area contributed by atoms with Crippen molar-refractivity contribution in [3.8, 4) is 6.19 Å². The lowest BCUT2D eigenvalue weighted by Crippen LogP contribution is -2.40. The summed E-state index contributed by atoms with van der Waals surface area (Å²) in [6, 6.07) is 9.37. The van der Waals surface area contributed by atoms with Gasteiger partial charge in [-0.1, -0.05) is 30.3 Å². The van der Waals surface area contributed by atoms with Gasteiger partial charge in [0.05, 0.1) is 0 Å². The summed E-state index contributed by atoms with van der Waals surface area (Å²) in [7, 11) is 0. The van der Waals surface area contributed by atoms with Crippen molar-refractivity contribution < 1.29 is 4.79 Å². The molecule has 20 heavy (non-hydrogen) atoms. The molecule has 100 valence electrons. The fraction of sp³-hybridized carbons (Fsp3) is 0.267. The smallest absolute Gasteiger partial charge is 0.209 e. The molecular weight excluding hydrogens is 252 g/mol. The highest BCUT2D eigenvalue weighted by Gasteiger charge is 2.32. The van der Waals surface area contributed by atoms with Crippen LogP contribution in [-0.2, 0) is 4.79 Å². The zero-order valence-electron chi connectivity index (χ0n) is 10.9. The van der Waals surface area contributed by atoms with Crippen LogP contribution in [0.1, 0.15) is 30.9 Å². The Hall–Kier alpha value is -2.61. The molecule has 0 saturated heterocycles. The Balaban J connectivity index is 2.06. The molecule has 1 heterocycles. The van der Waals surface area contributed by atoms with E-state index < -0.39 is 0 Å². The zero-order chi connectivity index (χ0) is 13.9. The van der Waals surface area contributed by atoms with E-state index in [4.69, 9.17) is 5.26 Å². The number of hydrogen-bond donors (Lipinski definition) is 2. The van der Waals surface area contributed by atoms with Crippen molar-refractivity contribution in [1.29, 1.82) is 5.26 Å². The molecule has 1 aromatic carbocycles. The van der Waals surface area contributed by atoms with Crippen molar-refractivity contribution in [2.75, 3.05) is 0 Å². The van der Waals surface area contributed by atoms with Gasteiger partial charge >= 0.3 is 0 Å². The normalized spacial score (nSPS) is 21.4. The number of benzene rings is 1. The molecule has 0 bridgehead atoms. The molecule has 1 unspecified atom stereocenters. The number of ketones is 1. The molecule has 2 N–H and O–H groups in total. The van der Waals surface area contributed by atoms with E-state index in [9.17, 15) is 4.79 Å². The van der Waals surface area contributed by atoms with Crippen LogP contribution in [0.5, 0.6) is 0 Å². The van der Waals surface area contributed by atoms with Crippen molar-refractivity contribution in [3.05, 3.63) is 47.2 Å². The van der Waals surface area contributed by atoms with Crippen LogP contribution in [0.4, 0.5) is 0 Å². The predicted octanol–water partition coefficient (Wildman–Crippen LogP) is 1.76. The number of nitrogens with zero attached hydrogens (tertiary/aromatic N) is 2. The first kappa shape index (κ1) is 12.4. The molecule has 1 aliphatic heterocycles.